The van der Waals surface area contributed by atoms with E-state index in [2.05, 4.69) is 14.9 Å². The van der Waals surface area contributed by atoms with Gasteiger partial charge in [0.05, 0.1) is 18.3 Å². The van der Waals surface area contributed by atoms with E-state index in [1.807, 2.05) is 37.4 Å². The van der Waals surface area contributed by atoms with Crippen LogP contribution in [0.2, 0.25) is 5.02 Å². The lowest BCUT2D eigenvalue weighted by Crippen LogP contribution is -2.49. The number of imidazole rings is 1. The molecular weight excluding hydrogens is 338 g/mol. The number of esters is 1. The molecule has 1 aliphatic rings. The number of nitrogens with zero attached hydrogens (tertiary/aromatic N) is 2. The molecule has 0 aliphatic carbocycles. The second kappa shape index (κ2) is 8.02. The van der Waals surface area contributed by atoms with E-state index < -0.39 is 5.41 Å². The third kappa shape index (κ3) is 4.41. The summed E-state index contributed by atoms with van der Waals surface area (Å²) in [5.74, 6) is -0.107. The van der Waals surface area contributed by atoms with Crippen LogP contribution in [-0.4, -0.2) is 40.5 Å². The largest absolute Gasteiger partial charge is 0.466 e. The summed E-state index contributed by atoms with van der Waals surface area (Å²) in [6.45, 7) is 4.66. The fourth-order valence-electron chi connectivity index (χ4n) is 3.68. The molecule has 1 fully saturated rings. The number of H-pyrrole nitrogens is 1. The van der Waals surface area contributed by atoms with Crippen LogP contribution in [0.25, 0.3) is 0 Å². The number of carbonyl (C=O) groups excluding carboxylic acids is 1. The summed E-state index contributed by atoms with van der Waals surface area (Å²) in [4.78, 5) is 22.4. The Kier molecular flexibility index (Phi) is 5.76. The Morgan fingerprint density at radius 3 is 3.08 bits per heavy atom. The standard InChI is InChI=1S/C19H24ClN3O2/c1-2-25-18(24)19(10-15-5-3-6-16(20)9-15)7-4-8-23(13-19)12-17-11-21-14-22-17/h3,5-6,9,11,14H,2,4,7-8,10,12-13H2,1H3,(H,21,22). The van der Waals surface area contributed by atoms with E-state index in [4.69, 9.17) is 16.3 Å². The molecule has 2 aromatic rings. The van der Waals surface area contributed by atoms with Gasteiger partial charge in [-0.3, -0.25) is 9.69 Å². The highest BCUT2D eigenvalue weighted by molar-refractivity contribution is 6.30. The summed E-state index contributed by atoms with van der Waals surface area (Å²) in [6.07, 6.45) is 5.96. The molecule has 0 amide bonds. The lowest BCUT2D eigenvalue weighted by Gasteiger charge is -2.41. The fraction of sp³-hybridized carbons (Fsp3) is 0.474. The highest BCUT2D eigenvalue weighted by atomic mass is 35.5. The van der Waals surface area contributed by atoms with Crippen LogP contribution in [0.4, 0.5) is 0 Å². The van der Waals surface area contributed by atoms with Crippen molar-refractivity contribution < 1.29 is 9.53 Å². The van der Waals surface area contributed by atoms with Gasteiger partial charge in [0.2, 0.25) is 0 Å². The molecule has 1 aromatic carbocycles. The minimum atomic E-state index is -0.529. The average Bonchev–Trinajstić information content (AvgIpc) is 3.08. The Bertz CT molecular complexity index is 704. The van der Waals surface area contributed by atoms with Crippen LogP contribution >= 0.6 is 11.6 Å². The van der Waals surface area contributed by atoms with Gasteiger partial charge in [-0.05, 0) is 50.4 Å². The lowest BCUT2D eigenvalue weighted by atomic mass is 9.75. The van der Waals surface area contributed by atoms with Crippen molar-refractivity contribution in [1.29, 1.82) is 0 Å². The number of nitrogens with one attached hydrogen (secondary N) is 1. The Morgan fingerprint density at radius 1 is 1.48 bits per heavy atom. The van der Waals surface area contributed by atoms with Crippen molar-refractivity contribution in [2.45, 2.75) is 32.7 Å². The molecule has 5 nitrogen and oxygen atoms in total. The van der Waals surface area contributed by atoms with Gasteiger partial charge < -0.3 is 9.72 Å². The van der Waals surface area contributed by atoms with E-state index in [0.29, 0.717) is 24.6 Å². The van der Waals surface area contributed by atoms with Crippen LogP contribution in [0.5, 0.6) is 0 Å². The molecule has 0 saturated carbocycles. The van der Waals surface area contributed by atoms with E-state index in [-0.39, 0.29) is 5.97 Å². The maximum Gasteiger partial charge on any atom is 0.313 e. The van der Waals surface area contributed by atoms with Crippen LogP contribution in [0.3, 0.4) is 0 Å². The molecule has 1 N–H and O–H groups in total. The van der Waals surface area contributed by atoms with Crippen molar-refractivity contribution in [2.24, 2.45) is 5.41 Å². The Morgan fingerprint density at radius 2 is 2.36 bits per heavy atom. The quantitative estimate of drug-likeness (QED) is 0.800. The maximum atomic E-state index is 12.9. The van der Waals surface area contributed by atoms with Gasteiger partial charge in [-0.25, -0.2) is 4.98 Å². The topological polar surface area (TPSA) is 58.2 Å². The van der Waals surface area contributed by atoms with Gasteiger partial charge in [-0.1, -0.05) is 23.7 Å². The summed E-state index contributed by atoms with van der Waals surface area (Å²) in [7, 11) is 0. The third-order valence-corrected chi connectivity index (χ3v) is 4.98. The Balaban J connectivity index is 1.81. The maximum absolute atomic E-state index is 12.9. The van der Waals surface area contributed by atoms with Crippen LogP contribution < -0.4 is 0 Å². The minimum absolute atomic E-state index is 0.107. The first-order valence-corrected chi connectivity index (χ1v) is 9.10. The number of hydrogen-bond acceptors (Lipinski definition) is 4. The normalized spacial score (nSPS) is 21.2. The SMILES string of the molecule is CCOC(=O)C1(Cc2cccc(Cl)c2)CCCN(Cc2cnc[nH]2)C1. The van der Waals surface area contributed by atoms with Crippen molar-refractivity contribution in [3.8, 4) is 0 Å². The van der Waals surface area contributed by atoms with Crippen LogP contribution in [0.1, 0.15) is 31.0 Å². The van der Waals surface area contributed by atoms with Gasteiger partial charge in [0.15, 0.2) is 0 Å². The number of aromatic nitrogens is 2. The third-order valence-electron chi connectivity index (χ3n) is 4.74. The fourth-order valence-corrected chi connectivity index (χ4v) is 3.89. The van der Waals surface area contributed by atoms with E-state index in [1.165, 1.54) is 0 Å². The lowest BCUT2D eigenvalue weighted by molar-refractivity contribution is -0.159. The van der Waals surface area contributed by atoms with Gasteiger partial charge in [0.1, 0.15) is 0 Å². The molecule has 3 rings (SSSR count). The highest BCUT2D eigenvalue weighted by Crippen LogP contribution is 2.36. The van der Waals surface area contributed by atoms with E-state index in [1.54, 1.807) is 6.33 Å². The van der Waals surface area contributed by atoms with Crippen molar-refractivity contribution in [2.75, 3.05) is 19.7 Å². The predicted octanol–water partition coefficient (Wildman–Crippen LogP) is 3.45. The smallest absolute Gasteiger partial charge is 0.313 e. The van der Waals surface area contributed by atoms with Crippen molar-refractivity contribution >= 4 is 17.6 Å². The zero-order chi connectivity index (χ0) is 17.7. The van der Waals surface area contributed by atoms with Crippen molar-refractivity contribution in [3.63, 3.8) is 0 Å². The van der Waals surface area contributed by atoms with Gasteiger partial charge in [0, 0.05) is 30.0 Å². The molecular formula is C19H24ClN3O2. The molecule has 1 atom stereocenters. The summed E-state index contributed by atoms with van der Waals surface area (Å²) in [5.41, 5.74) is 1.60. The summed E-state index contributed by atoms with van der Waals surface area (Å²) >= 11 is 6.13. The number of hydrogen-bond donors (Lipinski definition) is 1. The number of aromatic amines is 1. The second-order valence-electron chi connectivity index (χ2n) is 6.70. The molecule has 1 aliphatic heterocycles. The van der Waals surface area contributed by atoms with Gasteiger partial charge in [-0.15, -0.1) is 0 Å². The van der Waals surface area contributed by atoms with Gasteiger partial charge >= 0.3 is 5.97 Å². The molecule has 1 unspecified atom stereocenters. The zero-order valence-electron chi connectivity index (χ0n) is 14.5. The van der Waals surface area contributed by atoms with Crippen LogP contribution in [0, 0.1) is 5.41 Å². The number of benzene rings is 1. The number of halogens is 1. The van der Waals surface area contributed by atoms with E-state index in [9.17, 15) is 4.79 Å². The van der Waals surface area contributed by atoms with Crippen molar-refractivity contribution in [1.82, 2.24) is 14.9 Å². The first kappa shape index (κ1) is 18.0. The zero-order valence-corrected chi connectivity index (χ0v) is 15.3. The number of carbonyl (C=O) groups is 1. The molecule has 6 heteroatoms. The molecule has 25 heavy (non-hydrogen) atoms. The minimum Gasteiger partial charge on any atom is -0.466 e. The average molecular weight is 362 g/mol. The number of likely N-dealkylation sites (tertiary alicyclic amines) is 1. The molecule has 0 spiro atoms. The second-order valence-corrected chi connectivity index (χ2v) is 7.13. The molecule has 0 bridgehead atoms. The van der Waals surface area contributed by atoms with E-state index in [0.717, 1.165) is 37.2 Å². The number of rotatable bonds is 6. The van der Waals surface area contributed by atoms with E-state index >= 15 is 0 Å². The number of piperidine rings is 1. The predicted molar refractivity (Wildman–Crippen MR) is 97.3 cm³/mol. The molecule has 1 saturated heterocycles. The van der Waals surface area contributed by atoms with Crippen LogP contribution in [0.15, 0.2) is 36.8 Å². The van der Waals surface area contributed by atoms with Gasteiger partial charge in [-0.2, -0.15) is 0 Å². The highest BCUT2D eigenvalue weighted by Gasteiger charge is 2.43. The van der Waals surface area contributed by atoms with Crippen LogP contribution in [-0.2, 0) is 22.5 Å². The first-order chi connectivity index (χ1) is 12.1. The monoisotopic (exact) mass is 361 g/mol. The molecule has 0 radical (unpaired) electrons. The Hall–Kier alpha value is -1.85. The molecule has 2 heterocycles. The van der Waals surface area contributed by atoms with Crippen molar-refractivity contribution in [3.05, 3.63) is 53.1 Å². The number of ether oxygens (including phenoxy) is 1. The molecule has 134 valence electrons. The summed E-state index contributed by atoms with van der Waals surface area (Å²) in [5, 5.41) is 0.696. The Labute approximate surface area is 153 Å². The summed E-state index contributed by atoms with van der Waals surface area (Å²) in [6, 6.07) is 7.76. The summed E-state index contributed by atoms with van der Waals surface area (Å²) < 4.78 is 5.45. The molecule has 1 aromatic heterocycles. The van der Waals surface area contributed by atoms with Gasteiger partial charge in [0.25, 0.3) is 0 Å². The first-order valence-electron chi connectivity index (χ1n) is 8.72.